The van der Waals surface area contributed by atoms with Gasteiger partial charge < -0.3 is 15.9 Å². The van der Waals surface area contributed by atoms with E-state index in [1.807, 2.05) is 0 Å². The van der Waals surface area contributed by atoms with Gasteiger partial charge in [-0.1, -0.05) is 11.2 Å². The zero-order chi connectivity index (χ0) is 15.3. The molecule has 2 unspecified atom stereocenters. The van der Waals surface area contributed by atoms with Crippen molar-refractivity contribution in [2.24, 2.45) is 5.11 Å². The first-order valence-electron chi connectivity index (χ1n) is 5.61. The van der Waals surface area contributed by atoms with E-state index in [-0.39, 0.29) is 18.7 Å². The van der Waals surface area contributed by atoms with Gasteiger partial charge in [0.1, 0.15) is 6.10 Å². The summed E-state index contributed by atoms with van der Waals surface area (Å²) in [6, 6.07) is 2.91. The largest absolute Gasteiger partial charge is 0.416 e. The molecule has 2 atom stereocenters. The molecule has 1 rings (SSSR count). The van der Waals surface area contributed by atoms with Crippen molar-refractivity contribution >= 4 is 5.69 Å². The number of nitrogens with zero attached hydrogens (tertiary/aromatic N) is 3. The minimum absolute atomic E-state index is 0.100. The number of hydrogen-bond acceptors (Lipinski definition) is 4. The maximum Gasteiger partial charge on any atom is 0.416 e. The lowest BCUT2D eigenvalue weighted by molar-refractivity contribution is -0.139. The molecule has 6 nitrogen and oxygen atoms in total. The molecule has 0 aliphatic heterocycles. The van der Waals surface area contributed by atoms with Crippen LogP contribution in [-0.4, -0.2) is 22.9 Å². The van der Waals surface area contributed by atoms with Crippen molar-refractivity contribution in [2.75, 3.05) is 12.3 Å². The maximum atomic E-state index is 12.8. The van der Waals surface area contributed by atoms with Crippen LogP contribution in [0.4, 0.5) is 18.9 Å². The summed E-state index contributed by atoms with van der Waals surface area (Å²) in [5.74, 6) is 0. The Kier molecular flexibility index (Phi) is 5.20. The first-order valence-corrected chi connectivity index (χ1v) is 5.61. The molecular weight excluding hydrogens is 277 g/mol. The van der Waals surface area contributed by atoms with E-state index in [1.54, 1.807) is 0 Å². The number of anilines is 1. The van der Waals surface area contributed by atoms with Crippen molar-refractivity contribution in [3.8, 4) is 0 Å². The van der Waals surface area contributed by atoms with Gasteiger partial charge in [0.15, 0.2) is 0 Å². The van der Waals surface area contributed by atoms with Crippen molar-refractivity contribution in [2.45, 2.75) is 24.8 Å². The number of aliphatic hydroxyl groups excluding tert-OH is 2. The minimum atomic E-state index is -4.70. The SMILES string of the molecule is [N-]=[N+]=NCCC(O)C(O)c1ccc(N)cc1C(F)(F)F. The standard InChI is InChI=1S/C11H13F3N4O2/c12-11(13,14)8-5-6(15)1-2-7(8)10(20)9(19)3-4-17-18-16/h1-2,5,9-10,19-20H,3-4,15H2. The van der Waals surface area contributed by atoms with Crippen molar-refractivity contribution in [3.05, 3.63) is 39.8 Å². The molecule has 20 heavy (non-hydrogen) atoms. The molecule has 0 radical (unpaired) electrons. The number of halogens is 3. The lowest BCUT2D eigenvalue weighted by Crippen LogP contribution is -2.22. The normalized spacial score (nSPS) is 14.4. The fourth-order valence-corrected chi connectivity index (χ4v) is 1.68. The first-order chi connectivity index (χ1) is 9.27. The molecule has 0 aliphatic rings. The average molecular weight is 290 g/mol. The maximum absolute atomic E-state index is 12.8. The molecule has 0 heterocycles. The average Bonchev–Trinajstić information content (AvgIpc) is 2.37. The van der Waals surface area contributed by atoms with Crippen LogP contribution < -0.4 is 5.73 Å². The Morgan fingerprint density at radius 1 is 1.35 bits per heavy atom. The molecule has 4 N–H and O–H groups in total. The van der Waals surface area contributed by atoms with Gasteiger partial charge in [-0.25, -0.2) is 0 Å². The third-order valence-electron chi connectivity index (χ3n) is 2.65. The number of hydrogen-bond donors (Lipinski definition) is 3. The zero-order valence-electron chi connectivity index (χ0n) is 10.2. The molecule has 0 aromatic heterocycles. The molecule has 1 aromatic rings. The fourth-order valence-electron chi connectivity index (χ4n) is 1.68. The van der Waals surface area contributed by atoms with Crippen LogP contribution in [0.25, 0.3) is 10.4 Å². The van der Waals surface area contributed by atoms with Crippen molar-refractivity contribution < 1.29 is 23.4 Å². The van der Waals surface area contributed by atoms with Crippen LogP contribution in [0.1, 0.15) is 23.7 Å². The topological polar surface area (TPSA) is 115 Å². The first kappa shape index (κ1) is 16.1. The molecule has 0 spiro atoms. The molecule has 1 aromatic carbocycles. The second-order valence-corrected chi connectivity index (χ2v) is 4.10. The van der Waals surface area contributed by atoms with E-state index in [9.17, 15) is 23.4 Å². The van der Waals surface area contributed by atoms with Gasteiger partial charge in [0, 0.05) is 17.1 Å². The van der Waals surface area contributed by atoms with Gasteiger partial charge in [0.2, 0.25) is 0 Å². The monoisotopic (exact) mass is 290 g/mol. The highest BCUT2D eigenvalue weighted by atomic mass is 19.4. The number of nitrogens with two attached hydrogens (primary N) is 1. The number of benzene rings is 1. The molecular formula is C11H13F3N4O2. The molecule has 0 saturated carbocycles. The summed E-state index contributed by atoms with van der Waals surface area (Å²) in [5.41, 5.74) is 11.7. The summed E-state index contributed by atoms with van der Waals surface area (Å²) >= 11 is 0. The molecule has 110 valence electrons. The van der Waals surface area contributed by atoms with Gasteiger partial charge in [0.05, 0.1) is 11.7 Å². The van der Waals surface area contributed by atoms with Gasteiger partial charge in [-0.15, -0.1) is 0 Å². The van der Waals surface area contributed by atoms with Crippen LogP contribution in [0, 0.1) is 0 Å². The number of alkyl halides is 3. The summed E-state index contributed by atoms with van der Waals surface area (Å²) < 4.78 is 38.5. The van der Waals surface area contributed by atoms with Gasteiger partial charge in [-0.2, -0.15) is 13.2 Å². The third kappa shape index (κ3) is 4.02. The Morgan fingerprint density at radius 2 is 2.00 bits per heavy atom. The predicted octanol–water partition coefficient (Wildman–Crippen LogP) is 2.38. The van der Waals surface area contributed by atoms with Crippen LogP contribution in [0.15, 0.2) is 23.3 Å². The number of rotatable bonds is 5. The van der Waals surface area contributed by atoms with E-state index in [4.69, 9.17) is 11.3 Å². The van der Waals surface area contributed by atoms with Gasteiger partial charge in [-0.05, 0) is 29.6 Å². The summed E-state index contributed by atoms with van der Waals surface area (Å²) in [6.07, 6.45) is -8.09. The van der Waals surface area contributed by atoms with Gasteiger partial charge in [-0.3, -0.25) is 0 Å². The van der Waals surface area contributed by atoms with E-state index < -0.39 is 29.5 Å². The predicted molar refractivity (Wildman–Crippen MR) is 65.5 cm³/mol. The zero-order valence-corrected chi connectivity index (χ0v) is 10.2. The van der Waals surface area contributed by atoms with Crippen LogP contribution in [0.3, 0.4) is 0 Å². The van der Waals surface area contributed by atoms with E-state index in [0.717, 1.165) is 6.07 Å². The number of azide groups is 1. The second kappa shape index (κ2) is 6.47. The Balaban J connectivity index is 3.03. The third-order valence-corrected chi connectivity index (χ3v) is 2.65. The summed E-state index contributed by atoms with van der Waals surface area (Å²) in [4.78, 5) is 2.44. The Bertz CT molecular complexity index is 515. The summed E-state index contributed by atoms with van der Waals surface area (Å²) in [5, 5.41) is 22.6. The highest BCUT2D eigenvalue weighted by Gasteiger charge is 2.36. The molecule has 0 fully saturated rings. The van der Waals surface area contributed by atoms with E-state index in [2.05, 4.69) is 10.0 Å². The van der Waals surface area contributed by atoms with E-state index in [1.165, 1.54) is 6.07 Å². The Hall–Kier alpha value is -1.96. The number of nitrogen functional groups attached to an aromatic ring is 1. The summed E-state index contributed by atoms with van der Waals surface area (Å²) in [6.45, 7) is -0.134. The van der Waals surface area contributed by atoms with Crippen molar-refractivity contribution in [1.82, 2.24) is 0 Å². The van der Waals surface area contributed by atoms with Crippen LogP contribution in [-0.2, 0) is 6.18 Å². The Morgan fingerprint density at radius 3 is 2.55 bits per heavy atom. The van der Waals surface area contributed by atoms with Crippen LogP contribution in [0.2, 0.25) is 0 Å². The minimum Gasteiger partial charge on any atom is -0.399 e. The molecule has 0 saturated heterocycles. The van der Waals surface area contributed by atoms with E-state index >= 15 is 0 Å². The Labute approximate surface area is 112 Å². The van der Waals surface area contributed by atoms with Gasteiger partial charge in [0.25, 0.3) is 0 Å². The summed E-state index contributed by atoms with van der Waals surface area (Å²) in [7, 11) is 0. The molecule has 0 bridgehead atoms. The smallest absolute Gasteiger partial charge is 0.399 e. The quantitative estimate of drug-likeness (QED) is 0.334. The lowest BCUT2D eigenvalue weighted by Gasteiger charge is -2.21. The molecule has 0 amide bonds. The van der Waals surface area contributed by atoms with Crippen LogP contribution in [0.5, 0.6) is 0 Å². The van der Waals surface area contributed by atoms with Crippen LogP contribution >= 0.6 is 0 Å². The second-order valence-electron chi connectivity index (χ2n) is 4.10. The molecule has 9 heteroatoms. The van der Waals surface area contributed by atoms with Gasteiger partial charge >= 0.3 is 6.18 Å². The van der Waals surface area contributed by atoms with Crippen molar-refractivity contribution in [3.63, 3.8) is 0 Å². The van der Waals surface area contributed by atoms with Crippen molar-refractivity contribution in [1.29, 1.82) is 0 Å². The highest BCUT2D eigenvalue weighted by Crippen LogP contribution is 2.37. The molecule has 0 aliphatic carbocycles. The lowest BCUT2D eigenvalue weighted by atomic mass is 9.96. The highest BCUT2D eigenvalue weighted by molar-refractivity contribution is 5.46. The fraction of sp³-hybridized carbons (Fsp3) is 0.455. The number of aliphatic hydroxyl groups is 2. The van der Waals surface area contributed by atoms with E-state index in [0.29, 0.717) is 6.07 Å².